The third-order valence-corrected chi connectivity index (χ3v) is 16.2. The van der Waals surface area contributed by atoms with Crippen molar-refractivity contribution < 1.29 is 0 Å². The molecule has 0 aliphatic heterocycles. The maximum absolute atomic E-state index is 2.68. The first-order valence-corrected chi connectivity index (χ1v) is 25.5. The largest absolute Gasteiger partial charge is 0.331 e. The van der Waals surface area contributed by atoms with E-state index >= 15 is 0 Å². The van der Waals surface area contributed by atoms with Crippen molar-refractivity contribution in [2.24, 2.45) is 0 Å². The van der Waals surface area contributed by atoms with Crippen LogP contribution in [0.15, 0.2) is 182 Å². The molecule has 0 heterocycles. The quantitative estimate of drug-likeness (QED) is 0.0946. The van der Waals surface area contributed by atoms with Crippen LogP contribution in [0.3, 0.4) is 0 Å². The molecule has 2 atom stereocenters. The number of anilines is 4. The van der Waals surface area contributed by atoms with Crippen molar-refractivity contribution in [3.63, 3.8) is 0 Å². The Labute approximate surface area is 411 Å². The second-order valence-electron chi connectivity index (χ2n) is 20.0. The fourth-order valence-electron chi connectivity index (χ4n) is 12.4. The van der Waals surface area contributed by atoms with Gasteiger partial charge in [-0.25, -0.2) is 0 Å². The smallest absolute Gasteiger partial charge is 0.0962 e. The molecule has 0 spiro atoms. The van der Waals surface area contributed by atoms with Gasteiger partial charge >= 0.3 is 0 Å². The summed E-state index contributed by atoms with van der Waals surface area (Å²) in [5.41, 5.74) is 23.7. The van der Waals surface area contributed by atoms with Gasteiger partial charge in [-0.1, -0.05) is 197 Å². The number of fused-ring (bicyclic) bond motifs is 5. The molecule has 0 amide bonds. The lowest BCUT2D eigenvalue weighted by atomic mass is 9.64. The van der Waals surface area contributed by atoms with E-state index in [0.717, 1.165) is 38.5 Å². The zero-order valence-corrected chi connectivity index (χ0v) is 41.3. The van der Waals surface area contributed by atoms with Crippen molar-refractivity contribution in [1.82, 2.24) is 0 Å². The van der Waals surface area contributed by atoms with Crippen LogP contribution in [0.1, 0.15) is 127 Å². The monoisotopic (exact) mass is 897 g/mol. The van der Waals surface area contributed by atoms with Crippen LogP contribution in [0.4, 0.5) is 22.7 Å². The molecule has 2 nitrogen and oxygen atoms in total. The zero-order chi connectivity index (χ0) is 47.3. The number of hydrogen-bond acceptors (Lipinski definition) is 2. The lowest BCUT2D eigenvalue weighted by Crippen LogP contribution is -2.51. The summed E-state index contributed by atoms with van der Waals surface area (Å²) in [6.07, 6.45) is 15.1. The molecule has 0 saturated carbocycles. The van der Waals surface area contributed by atoms with E-state index in [0.29, 0.717) is 0 Å². The summed E-state index contributed by atoms with van der Waals surface area (Å²) in [6, 6.07) is 68.6. The van der Waals surface area contributed by atoms with Crippen LogP contribution >= 0.6 is 0 Å². The Balaban J connectivity index is 0.989. The number of aryl methyl sites for hydroxylation is 2. The van der Waals surface area contributed by atoms with Crippen LogP contribution in [0.2, 0.25) is 0 Å². The Hall–Kier alpha value is -7.16. The highest BCUT2D eigenvalue weighted by molar-refractivity contribution is 5.89. The van der Waals surface area contributed by atoms with Gasteiger partial charge in [-0.2, -0.15) is 0 Å². The highest BCUT2D eigenvalue weighted by Gasteiger charge is 2.58. The minimum Gasteiger partial charge on any atom is -0.331 e. The molecule has 0 radical (unpaired) electrons. The van der Waals surface area contributed by atoms with Gasteiger partial charge in [-0.3, -0.25) is 0 Å². The fourth-order valence-corrected chi connectivity index (χ4v) is 12.4. The summed E-state index contributed by atoms with van der Waals surface area (Å²) in [6.45, 7) is 14.0. The normalized spacial score (nSPS) is 18.1. The number of rotatable bonds is 15. The van der Waals surface area contributed by atoms with Crippen LogP contribution in [0.5, 0.6) is 0 Å². The SMILES string of the molecule is CCCC1(N(c2ccc(C)cc2)c2ccc(/C=C/c3ccccc3)cc2)c2cc3c(cc21)C(CC)(CC)c1cc2c(cc1-3)CC2(CC)N(c1ccc(C)cc1)c1ccc(/C=C/c2ccccc2)cc1. The highest BCUT2D eigenvalue weighted by Crippen LogP contribution is 2.65. The van der Waals surface area contributed by atoms with Crippen molar-refractivity contribution in [2.75, 3.05) is 9.80 Å². The second-order valence-corrected chi connectivity index (χ2v) is 20.0. The van der Waals surface area contributed by atoms with Crippen molar-refractivity contribution >= 4 is 47.1 Å². The Bertz CT molecular complexity index is 3190. The van der Waals surface area contributed by atoms with Gasteiger partial charge < -0.3 is 9.80 Å². The van der Waals surface area contributed by atoms with Crippen LogP contribution in [0, 0.1) is 13.8 Å². The topological polar surface area (TPSA) is 6.48 Å². The van der Waals surface area contributed by atoms with Gasteiger partial charge in [-0.05, 0) is 161 Å². The van der Waals surface area contributed by atoms with Gasteiger partial charge in [0.05, 0.1) is 11.1 Å². The van der Waals surface area contributed by atoms with Gasteiger partial charge in [0, 0.05) is 34.6 Å². The van der Waals surface area contributed by atoms with E-state index in [1.807, 2.05) is 0 Å². The molecule has 0 N–H and O–H groups in total. The molecule has 0 saturated heterocycles. The molecular weight excluding hydrogens is 833 g/mol. The molecule has 11 rings (SSSR count). The molecule has 0 bridgehead atoms. The van der Waals surface area contributed by atoms with Gasteiger partial charge in [0.15, 0.2) is 0 Å². The minimum atomic E-state index is -0.220. The van der Waals surface area contributed by atoms with E-state index in [-0.39, 0.29) is 16.5 Å². The molecule has 69 heavy (non-hydrogen) atoms. The molecular formula is C67H64N2. The summed E-state index contributed by atoms with van der Waals surface area (Å²) in [5, 5.41) is 0. The highest BCUT2D eigenvalue weighted by atomic mass is 15.2. The molecule has 8 aromatic carbocycles. The van der Waals surface area contributed by atoms with Crippen LogP contribution < -0.4 is 9.80 Å². The summed E-state index contributed by atoms with van der Waals surface area (Å²) in [7, 11) is 0. The van der Waals surface area contributed by atoms with Crippen LogP contribution in [0.25, 0.3) is 35.4 Å². The third-order valence-electron chi connectivity index (χ3n) is 16.2. The van der Waals surface area contributed by atoms with Gasteiger partial charge in [0.2, 0.25) is 0 Å². The Morgan fingerprint density at radius 3 is 1.26 bits per heavy atom. The maximum atomic E-state index is 2.68. The van der Waals surface area contributed by atoms with Crippen molar-refractivity contribution in [3.8, 4) is 11.1 Å². The molecule has 0 aromatic heterocycles. The first-order chi connectivity index (χ1) is 33.7. The minimum absolute atomic E-state index is 0.0762. The van der Waals surface area contributed by atoms with Crippen molar-refractivity contribution in [1.29, 1.82) is 0 Å². The summed E-state index contributed by atoms with van der Waals surface area (Å²) < 4.78 is 0. The predicted molar refractivity (Wildman–Crippen MR) is 295 cm³/mol. The molecule has 3 aliphatic rings. The summed E-state index contributed by atoms with van der Waals surface area (Å²) in [4.78, 5) is 5.33. The van der Waals surface area contributed by atoms with Crippen molar-refractivity contribution in [3.05, 3.63) is 249 Å². The average molecular weight is 897 g/mol. The standard InChI is InChI=1S/C67H64N2/c1-7-41-67(69(56-35-23-48(6)24-36-56)57-39-31-52(32-40-57)28-26-50-19-15-12-16-20-50)63-43-59-58-42-53-46-66(10-4,60(53)44-61(58)65(8-2,9-3)62(59)45-64(63)67)68(54-33-21-47(5)22-34-54)55-37-29-51(30-38-55)27-25-49-17-13-11-14-18-49/h11-40,42-45H,7-10,41,46H2,1-6H3/b27-25+,28-26+. The molecule has 3 aliphatic carbocycles. The maximum Gasteiger partial charge on any atom is 0.0962 e. The van der Waals surface area contributed by atoms with E-state index in [1.165, 1.54) is 101 Å². The Morgan fingerprint density at radius 1 is 0.406 bits per heavy atom. The summed E-state index contributed by atoms with van der Waals surface area (Å²) >= 11 is 0. The first-order valence-electron chi connectivity index (χ1n) is 25.5. The molecule has 342 valence electrons. The number of nitrogens with zero attached hydrogens (tertiary/aromatic N) is 2. The van der Waals surface area contributed by atoms with Gasteiger partial charge in [0.1, 0.15) is 0 Å². The van der Waals surface area contributed by atoms with E-state index in [1.54, 1.807) is 0 Å². The molecule has 8 aromatic rings. The molecule has 0 fully saturated rings. The van der Waals surface area contributed by atoms with Gasteiger partial charge in [0.25, 0.3) is 0 Å². The molecule has 2 heteroatoms. The fraction of sp³-hybridized carbons (Fsp3) is 0.224. The Morgan fingerprint density at radius 2 is 0.812 bits per heavy atom. The Kier molecular flexibility index (Phi) is 11.4. The van der Waals surface area contributed by atoms with E-state index in [9.17, 15) is 0 Å². The lowest BCUT2D eigenvalue weighted by Gasteiger charge is -2.53. The van der Waals surface area contributed by atoms with Crippen LogP contribution in [-0.4, -0.2) is 0 Å². The lowest BCUT2D eigenvalue weighted by molar-refractivity contribution is 0.361. The molecule has 2 unspecified atom stereocenters. The number of benzene rings is 8. The number of hydrogen-bond donors (Lipinski definition) is 0. The summed E-state index contributed by atoms with van der Waals surface area (Å²) in [5.74, 6) is 0. The van der Waals surface area contributed by atoms with Gasteiger partial charge in [-0.15, -0.1) is 0 Å². The average Bonchev–Trinajstić information content (AvgIpc) is 3.91. The van der Waals surface area contributed by atoms with Crippen LogP contribution in [-0.2, 0) is 22.9 Å². The van der Waals surface area contributed by atoms with E-state index in [2.05, 4.69) is 258 Å². The van der Waals surface area contributed by atoms with Crippen molar-refractivity contribution in [2.45, 2.75) is 96.6 Å². The third kappa shape index (κ3) is 7.39. The van der Waals surface area contributed by atoms with E-state index < -0.39 is 0 Å². The predicted octanol–water partition coefficient (Wildman–Crippen LogP) is 17.9. The first kappa shape index (κ1) is 44.4. The zero-order valence-electron chi connectivity index (χ0n) is 41.3. The van der Waals surface area contributed by atoms with E-state index in [4.69, 9.17) is 0 Å². The second kappa shape index (κ2) is 17.7.